The third-order valence-electron chi connectivity index (χ3n) is 10.2. The molecule has 0 unspecified atom stereocenters. The Balaban J connectivity index is 1.59. The molecule has 4 rings (SSSR count). The van der Waals surface area contributed by atoms with Crippen molar-refractivity contribution in [1.82, 2.24) is 0 Å². The van der Waals surface area contributed by atoms with Crippen molar-refractivity contribution in [2.75, 3.05) is 7.11 Å². The summed E-state index contributed by atoms with van der Waals surface area (Å²) in [6, 6.07) is 0. The number of methoxy groups -OCH3 is 1. The van der Waals surface area contributed by atoms with Gasteiger partial charge in [0.1, 0.15) is 11.6 Å². The maximum atomic E-state index is 13.4. The molecule has 0 bridgehead atoms. The lowest BCUT2D eigenvalue weighted by Crippen LogP contribution is -2.61. The molecule has 0 aromatic carbocycles. The Labute approximate surface area is 180 Å². The van der Waals surface area contributed by atoms with E-state index in [2.05, 4.69) is 20.8 Å². The standard InChI is InChI=1S/C25H38O5/c1-14(5-8-22(29)30-4)17-6-7-18-23-19(13-21(28)25(17,18)3)24(2)10-9-16(26)11-15(24)12-20(23)27/h14-15,17-19,21,23,28H,5-13H2,1-4H3/t14-,15-,17-,18+,19+,21+,23+,24+,25-/m1/s1. The molecule has 0 heterocycles. The van der Waals surface area contributed by atoms with E-state index in [9.17, 15) is 19.5 Å². The van der Waals surface area contributed by atoms with Crippen LogP contribution in [-0.4, -0.2) is 35.9 Å². The highest BCUT2D eigenvalue weighted by atomic mass is 16.5. The Hall–Kier alpha value is -1.23. The zero-order chi connectivity index (χ0) is 21.8. The largest absolute Gasteiger partial charge is 0.469 e. The summed E-state index contributed by atoms with van der Waals surface area (Å²) in [7, 11) is 1.42. The number of carbonyl (C=O) groups excluding carboxylic acids is 3. The smallest absolute Gasteiger partial charge is 0.305 e. The highest BCUT2D eigenvalue weighted by molar-refractivity contribution is 5.86. The summed E-state index contributed by atoms with van der Waals surface area (Å²) >= 11 is 0. The third kappa shape index (κ3) is 3.18. The topological polar surface area (TPSA) is 80.7 Å². The van der Waals surface area contributed by atoms with Crippen LogP contribution in [0.1, 0.15) is 78.6 Å². The monoisotopic (exact) mass is 418 g/mol. The van der Waals surface area contributed by atoms with Crippen LogP contribution in [-0.2, 0) is 19.1 Å². The number of esters is 1. The van der Waals surface area contributed by atoms with Crippen molar-refractivity contribution in [3.05, 3.63) is 0 Å². The Kier molecular flexibility index (Phi) is 5.66. The van der Waals surface area contributed by atoms with Crippen molar-refractivity contribution in [3.8, 4) is 0 Å². The molecule has 0 saturated heterocycles. The summed E-state index contributed by atoms with van der Waals surface area (Å²) in [5.41, 5.74) is -0.288. The van der Waals surface area contributed by atoms with Crippen LogP contribution in [0.2, 0.25) is 0 Å². The Morgan fingerprint density at radius 2 is 1.93 bits per heavy atom. The summed E-state index contributed by atoms with van der Waals surface area (Å²) in [6.45, 7) is 6.68. The van der Waals surface area contributed by atoms with E-state index in [1.807, 2.05) is 0 Å². The molecule has 0 aromatic heterocycles. The average molecular weight is 419 g/mol. The number of hydrogen-bond donors (Lipinski definition) is 1. The number of ketones is 2. The van der Waals surface area contributed by atoms with Crippen LogP contribution in [0, 0.1) is 46.3 Å². The maximum Gasteiger partial charge on any atom is 0.305 e. The van der Waals surface area contributed by atoms with Crippen molar-refractivity contribution < 1.29 is 24.2 Å². The second-order valence-electron chi connectivity index (χ2n) is 11.2. The van der Waals surface area contributed by atoms with Gasteiger partial charge in [-0.25, -0.2) is 0 Å². The molecule has 4 aliphatic carbocycles. The summed E-state index contributed by atoms with van der Waals surface area (Å²) in [4.78, 5) is 37.1. The number of fused-ring (bicyclic) bond motifs is 5. The lowest BCUT2D eigenvalue weighted by atomic mass is 9.43. The zero-order valence-electron chi connectivity index (χ0n) is 19.0. The van der Waals surface area contributed by atoms with Gasteiger partial charge >= 0.3 is 5.97 Å². The average Bonchev–Trinajstić information content (AvgIpc) is 3.06. The number of carbonyl (C=O) groups is 3. The summed E-state index contributed by atoms with van der Waals surface area (Å²) in [5.74, 6) is 1.64. The number of rotatable bonds is 4. The van der Waals surface area contributed by atoms with Crippen LogP contribution in [0.15, 0.2) is 0 Å². The van der Waals surface area contributed by atoms with E-state index in [1.54, 1.807) is 0 Å². The first-order valence-corrected chi connectivity index (χ1v) is 11.9. The molecule has 0 amide bonds. The van der Waals surface area contributed by atoms with E-state index in [1.165, 1.54) is 7.11 Å². The maximum absolute atomic E-state index is 13.4. The molecular weight excluding hydrogens is 380 g/mol. The molecule has 0 aliphatic heterocycles. The van der Waals surface area contributed by atoms with Crippen molar-refractivity contribution in [2.45, 2.75) is 84.7 Å². The molecule has 4 fully saturated rings. The predicted molar refractivity (Wildman–Crippen MR) is 112 cm³/mol. The summed E-state index contributed by atoms with van der Waals surface area (Å²) < 4.78 is 4.81. The quantitative estimate of drug-likeness (QED) is 0.699. The number of Topliss-reactive ketones (excluding diaryl/α,β-unsaturated/α-hetero) is 2. The molecule has 0 radical (unpaired) electrons. The van der Waals surface area contributed by atoms with Gasteiger partial charge in [0, 0.05) is 37.0 Å². The molecule has 0 aromatic rings. The van der Waals surface area contributed by atoms with Crippen LogP contribution in [0.4, 0.5) is 0 Å². The molecule has 5 nitrogen and oxygen atoms in total. The minimum absolute atomic E-state index is 0.0105. The molecule has 9 atom stereocenters. The second-order valence-corrected chi connectivity index (χ2v) is 11.2. The van der Waals surface area contributed by atoms with Crippen LogP contribution in [0.3, 0.4) is 0 Å². The second kappa shape index (κ2) is 7.72. The normalized spacial score (nSPS) is 46.6. The van der Waals surface area contributed by atoms with Gasteiger partial charge in [-0.3, -0.25) is 14.4 Å². The molecule has 4 aliphatic rings. The highest BCUT2D eigenvalue weighted by Crippen LogP contribution is 2.67. The fourth-order valence-electron chi connectivity index (χ4n) is 8.31. The van der Waals surface area contributed by atoms with E-state index in [4.69, 9.17) is 4.74 Å². The number of aliphatic hydroxyl groups is 1. The molecular formula is C25H38O5. The van der Waals surface area contributed by atoms with E-state index in [-0.39, 0.29) is 40.5 Å². The van der Waals surface area contributed by atoms with Gasteiger partial charge in [0.05, 0.1) is 13.2 Å². The fourth-order valence-corrected chi connectivity index (χ4v) is 8.31. The SMILES string of the molecule is COC(=O)CC[C@@H](C)[C@H]1CC[C@H]2[C@@H]3C(=O)C[C@H]4CC(=O)CC[C@]4(C)[C@H]3C[C@H](O)[C@]12C. The van der Waals surface area contributed by atoms with E-state index in [0.29, 0.717) is 55.5 Å². The minimum atomic E-state index is -0.433. The molecule has 0 spiro atoms. The first-order chi connectivity index (χ1) is 14.1. The minimum Gasteiger partial charge on any atom is -0.469 e. The van der Waals surface area contributed by atoms with Crippen LogP contribution in [0.5, 0.6) is 0 Å². The first-order valence-electron chi connectivity index (χ1n) is 11.9. The molecule has 168 valence electrons. The van der Waals surface area contributed by atoms with Gasteiger partial charge in [0.25, 0.3) is 0 Å². The predicted octanol–water partition coefficient (Wildman–Crippen LogP) is 3.95. The zero-order valence-corrected chi connectivity index (χ0v) is 19.0. The van der Waals surface area contributed by atoms with E-state index in [0.717, 1.165) is 25.7 Å². The van der Waals surface area contributed by atoms with Crippen molar-refractivity contribution >= 4 is 17.5 Å². The van der Waals surface area contributed by atoms with Gasteiger partial charge in [-0.15, -0.1) is 0 Å². The summed E-state index contributed by atoms with van der Waals surface area (Å²) in [6.07, 6.45) is 5.95. The van der Waals surface area contributed by atoms with Crippen molar-refractivity contribution in [2.24, 2.45) is 46.3 Å². The fraction of sp³-hybridized carbons (Fsp3) is 0.880. The van der Waals surface area contributed by atoms with Crippen LogP contribution < -0.4 is 0 Å². The van der Waals surface area contributed by atoms with Gasteiger partial charge in [-0.05, 0) is 67.1 Å². The van der Waals surface area contributed by atoms with Crippen molar-refractivity contribution in [3.63, 3.8) is 0 Å². The van der Waals surface area contributed by atoms with E-state index >= 15 is 0 Å². The molecule has 5 heteroatoms. The van der Waals surface area contributed by atoms with Gasteiger partial charge in [0.15, 0.2) is 0 Å². The third-order valence-corrected chi connectivity index (χ3v) is 10.2. The van der Waals surface area contributed by atoms with Crippen LogP contribution >= 0.6 is 0 Å². The van der Waals surface area contributed by atoms with Gasteiger partial charge in [-0.2, -0.15) is 0 Å². The number of aliphatic hydroxyl groups excluding tert-OH is 1. The lowest BCUT2D eigenvalue weighted by molar-refractivity contribution is -0.178. The lowest BCUT2D eigenvalue weighted by Gasteiger charge is -2.61. The molecule has 1 N–H and O–H groups in total. The van der Waals surface area contributed by atoms with Gasteiger partial charge in [-0.1, -0.05) is 20.8 Å². The summed E-state index contributed by atoms with van der Waals surface area (Å²) in [5, 5.41) is 11.5. The highest BCUT2D eigenvalue weighted by Gasteiger charge is 2.65. The number of ether oxygens (including phenoxy) is 1. The number of hydrogen-bond acceptors (Lipinski definition) is 5. The first kappa shape index (κ1) is 22.0. The van der Waals surface area contributed by atoms with Gasteiger partial charge in [0.2, 0.25) is 0 Å². The Morgan fingerprint density at radius 3 is 2.63 bits per heavy atom. The van der Waals surface area contributed by atoms with Gasteiger partial charge < -0.3 is 9.84 Å². The van der Waals surface area contributed by atoms with E-state index < -0.39 is 6.10 Å². The Bertz CT molecular complexity index is 731. The Morgan fingerprint density at radius 1 is 1.20 bits per heavy atom. The van der Waals surface area contributed by atoms with Crippen molar-refractivity contribution in [1.29, 1.82) is 0 Å². The molecule has 4 saturated carbocycles. The van der Waals surface area contributed by atoms with Crippen LogP contribution in [0.25, 0.3) is 0 Å². The molecule has 30 heavy (non-hydrogen) atoms.